The quantitative estimate of drug-likeness (QED) is 0.292. The number of hydrogen-bond donors (Lipinski definition) is 0. The van der Waals surface area contributed by atoms with Crippen LogP contribution in [0, 0.1) is 0 Å². The molecule has 8 heteroatoms. The fraction of sp³-hybridized carbons (Fsp3) is 0.192. The number of para-hydroxylation sites is 1. The third kappa shape index (κ3) is 5.58. The summed E-state index contributed by atoms with van der Waals surface area (Å²) in [5.74, 6) is 1.56. The van der Waals surface area contributed by atoms with Crippen LogP contribution < -0.4 is 9.54 Å². The zero-order chi connectivity index (χ0) is 23.9. The highest BCUT2D eigenvalue weighted by molar-refractivity contribution is 7.98. The van der Waals surface area contributed by atoms with Crippen LogP contribution in [0.5, 0.6) is 11.5 Å². The lowest BCUT2D eigenvalue weighted by Gasteiger charge is -2.06. The average Bonchev–Trinajstić information content (AvgIpc) is 3.19. The first-order valence-electron chi connectivity index (χ1n) is 10.8. The molecule has 0 aliphatic heterocycles. The van der Waals surface area contributed by atoms with Crippen LogP contribution in [0.1, 0.15) is 27.6 Å². The van der Waals surface area contributed by atoms with Crippen molar-refractivity contribution in [1.82, 2.24) is 4.57 Å². The second-order valence-corrected chi connectivity index (χ2v) is 9.28. The number of benzene rings is 3. The number of carbonyl (C=O) groups excluding carboxylic acids is 2. The fourth-order valence-electron chi connectivity index (χ4n) is 3.34. The maximum Gasteiger partial charge on any atom is 0.338 e. The van der Waals surface area contributed by atoms with Gasteiger partial charge < -0.3 is 14.0 Å². The minimum Gasteiger partial charge on any atom is -0.462 e. The van der Waals surface area contributed by atoms with Gasteiger partial charge in [0.05, 0.1) is 22.4 Å². The summed E-state index contributed by atoms with van der Waals surface area (Å²) in [7, 11) is 0. The molecule has 0 saturated carbocycles. The number of nitrogens with zero attached hydrogens (tertiary/aromatic N) is 2. The van der Waals surface area contributed by atoms with E-state index in [2.05, 4.69) is 4.99 Å². The molecule has 0 bridgehead atoms. The molecule has 0 saturated heterocycles. The predicted molar refractivity (Wildman–Crippen MR) is 137 cm³/mol. The molecule has 0 atom stereocenters. The highest BCUT2D eigenvalue weighted by Gasteiger charge is 2.13. The standard InChI is InChI=1S/C26H24N2O4S2/c1-3-31-25(30)19-11-14-22-23(17-19)34-26(28(22)15-16-33-2)27-24(29)18-9-12-21(13-10-18)32-20-7-5-4-6-8-20/h4-14,17H,3,15-16H2,1-2H3. The molecule has 0 N–H and O–H groups in total. The predicted octanol–water partition coefficient (Wildman–Crippen LogP) is 5.78. The van der Waals surface area contributed by atoms with Crippen LogP contribution in [0.15, 0.2) is 77.8 Å². The summed E-state index contributed by atoms with van der Waals surface area (Å²) < 4.78 is 13.8. The average molecular weight is 493 g/mol. The van der Waals surface area contributed by atoms with Gasteiger partial charge in [0, 0.05) is 17.9 Å². The molecular formula is C26H24N2O4S2. The molecule has 0 spiro atoms. The summed E-state index contributed by atoms with van der Waals surface area (Å²) in [6.07, 6.45) is 2.04. The fourth-order valence-corrected chi connectivity index (χ4v) is 4.80. The first kappa shape index (κ1) is 23.8. The number of carbonyl (C=O) groups is 2. The van der Waals surface area contributed by atoms with E-state index in [1.165, 1.54) is 11.3 Å². The van der Waals surface area contributed by atoms with Gasteiger partial charge in [-0.3, -0.25) is 4.79 Å². The van der Waals surface area contributed by atoms with Crippen LogP contribution >= 0.6 is 23.1 Å². The van der Waals surface area contributed by atoms with Crippen LogP contribution in [-0.4, -0.2) is 35.1 Å². The first-order chi connectivity index (χ1) is 16.6. The van der Waals surface area contributed by atoms with Crippen molar-refractivity contribution >= 4 is 45.2 Å². The number of thioether (sulfide) groups is 1. The minimum absolute atomic E-state index is 0.319. The number of esters is 1. The first-order valence-corrected chi connectivity index (χ1v) is 13.0. The molecule has 4 rings (SSSR count). The summed E-state index contributed by atoms with van der Waals surface area (Å²) in [5, 5.41) is 0. The number of aryl methyl sites for hydroxylation is 1. The molecule has 0 radical (unpaired) electrons. The van der Waals surface area contributed by atoms with Gasteiger partial charge in [-0.1, -0.05) is 29.5 Å². The van der Waals surface area contributed by atoms with Crippen molar-refractivity contribution in [3.8, 4) is 11.5 Å². The molecule has 34 heavy (non-hydrogen) atoms. The summed E-state index contributed by atoms with van der Waals surface area (Å²) in [6, 6.07) is 21.8. The van der Waals surface area contributed by atoms with Crippen LogP contribution in [-0.2, 0) is 11.3 Å². The van der Waals surface area contributed by atoms with E-state index in [1.54, 1.807) is 55.1 Å². The van der Waals surface area contributed by atoms with E-state index in [9.17, 15) is 9.59 Å². The minimum atomic E-state index is -0.360. The topological polar surface area (TPSA) is 69.9 Å². The number of fused-ring (bicyclic) bond motifs is 1. The summed E-state index contributed by atoms with van der Waals surface area (Å²) >= 11 is 3.10. The maximum absolute atomic E-state index is 13.0. The highest BCUT2D eigenvalue weighted by Crippen LogP contribution is 2.22. The largest absolute Gasteiger partial charge is 0.462 e. The third-order valence-corrected chi connectivity index (χ3v) is 6.62. The molecule has 0 unspecified atom stereocenters. The normalized spacial score (nSPS) is 11.5. The lowest BCUT2D eigenvalue weighted by Crippen LogP contribution is -2.18. The number of ether oxygens (including phenoxy) is 2. The Kier molecular flexibility index (Phi) is 7.82. The summed E-state index contributed by atoms with van der Waals surface area (Å²) in [5.41, 5.74) is 1.89. The van der Waals surface area contributed by atoms with Gasteiger partial charge in [-0.25, -0.2) is 4.79 Å². The zero-order valence-corrected chi connectivity index (χ0v) is 20.5. The number of aromatic nitrogens is 1. The van der Waals surface area contributed by atoms with E-state index in [0.29, 0.717) is 34.8 Å². The Morgan fingerprint density at radius 3 is 2.38 bits per heavy atom. The van der Waals surface area contributed by atoms with Gasteiger partial charge in [0.15, 0.2) is 4.80 Å². The molecule has 6 nitrogen and oxygen atoms in total. The van der Waals surface area contributed by atoms with Crippen molar-refractivity contribution in [2.24, 2.45) is 4.99 Å². The van der Waals surface area contributed by atoms with Gasteiger partial charge in [0.2, 0.25) is 0 Å². The number of thiazole rings is 1. The van der Waals surface area contributed by atoms with E-state index < -0.39 is 0 Å². The third-order valence-electron chi connectivity index (χ3n) is 4.99. The zero-order valence-electron chi connectivity index (χ0n) is 18.9. The van der Waals surface area contributed by atoms with E-state index in [0.717, 1.165) is 21.7 Å². The summed E-state index contributed by atoms with van der Waals surface area (Å²) in [4.78, 5) is 30.1. The molecular weight excluding hydrogens is 468 g/mol. The second-order valence-electron chi connectivity index (χ2n) is 7.29. The van der Waals surface area contributed by atoms with E-state index in [-0.39, 0.29) is 11.9 Å². The second kappa shape index (κ2) is 11.2. The van der Waals surface area contributed by atoms with Gasteiger partial charge in [0.1, 0.15) is 11.5 Å². The lowest BCUT2D eigenvalue weighted by atomic mass is 10.2. The Morgan fingerprint density at radius 2 is 1.68 bits per heavy atom. The Hall–Kier alpha value is -3.36. The Labute approximate surface area is 205 Å². The Balaban J connectivity index is 1.64. The van der Waals surface area contributed by atoms with Crippen molar-refractivity contribution in [3.05, 3.63) is 88.7 Å². The summed E-state index contributed by atoms with van der Waals surface area (Å²) in [6.45, 7) is 2.80. The van der Waals surface area contributed by atoms with Crippen molar-refractivity contribution in [3.63, 3.8) is 0 Å². The molecule has 4 aromatic rings. The Bertz CT molecular complexity index is 1360. The van der Waals surface area contributed by atoms with E-state index in [4.69, 9.17) is 9.47 Å². The molecule has 1 heterocycles. The van der Waals surface area contributed by atoms with Crippen molar-refractivity contribution < 1.29 is 19.1 Å². The molecule has 174 valence electrons. The smallest absolute Gasteiger partial charge is 0.338 e. The number of hydrogen-bond acceptors (Lipinski definition) is 6. The van der Waals surface area contributed by atoms with Crippen molar-refractivity contribution in [1.29, 1.82) is 0 Å². The van der Waals surface area contributed by atoms with Crippen LogP contribution in [0.4, 0.5) is 0 Å². The van der Waals surface area contributed by atoms with Crippen LogP contribution in [0.3, 0.4) is 0 Å². The van der Waals surface area contributed by atoms with E-state index in [1.807, 2.05) is 47.2 Å². The van der Waals surface area contributed by atoms with Gasteiger partial charge in [-0.15, -0.1) is 0 Å². The molecule has 3 aromatic carbocycles. The maximum atomic E-state index is 13.0. The highest BCUT2D eigenvalue weighted by atomic mass is 32.2. The molecule has 0 aliphatic carbocycles. The van der Waals surface area contributed by atoms with Crippen molar-refractivity contribution in [2.45, 2.75) is 13.5 Å². The monoisotopic (exact) mass is 492 g/mol. The van der Waals surface area contributed by atoms with Gasteiger partial charge in [-0.2, -0.15) is 16.8 Å². The number of rotatable bonds is 8. The lowest BCUT2D eigenvalue weighted by molar-refractivity contribution is 0.0526. The molecule has 1 aromatic heterocycles. The molecule has 0 aliphatic rings. The van der Waals surface area contributed by atoms with E-state index >= 15 is 0 Å². The van der Waals surface area contributed by atoms with Crippen LogP contribution in [0.25, 0.3) is 10.2 Å². The van der Waals surface area contributed by atoms with Crippen LogP contribution in [0.2, 0.25) is 0 Å². The van der Waals surface area contributed by atoms with Gasteiger partial charge in [-0.05, 0) is 67.8 Å². The Morgan fingerprint density at radius 1 is 0.971 bits per heavy atom. The number of amides is 1. The van der Waals surface area contributed by atoms with Gasteiger partial charge >= 0.3 is 5.97 Å². The molecule has 1 amide bonds. The molecule has 0 fully saturated rings. The van der Waals surface area contributed by atoms with Crippen molar-refractivity contribution in [2.75, 3.05) is 18.6 Å². The van der Waals surface area contributed by atoms with Gasteiger partial charge in [0.25, 0.3) is 5.91 Å². The SMILES string of the molecule is CCOC(=O)c1ccc2c(c1)sc(=NC(=O)c1ccc(Oc3ccccc3)cc1)n2CCSC.